The first kappa shape index (κ1) is 15.4. The number of amides is 1. The number of hydrogen-bond donors (Lipinski definition) is 1. The van der Waals surface area contributed by atoms with Crippen LogP contribution < -0.4 is 5.32 Å². The van der Waals surface area contributed by atoms with Crippen LogP contribution in [0.15, 0.2) is 0 Å². The van der Waals surface area contributed by atoms with E-state index in [1.807, 2.05) is 33.0 Å². The Morgan fingerprint density at radius 1 is 1.38 bits per heavy atom. The van der Waals surface area contributed by atoms with Crippen molar-refractivity contribution >= 4 is 5.91 Å². The Hall–Kier alpha value is -0.610. The Bertz CT molecular complexity index is 195. The molecule has 0 bridgehead atoms. The third-order valence-corrected chi connectivity index (χ3v) is 2.64. The lowest BCUT2D eigenvalue weighted by Gasteiger charge is -2.30. The van der Waals surface area contributed by atoms with E-state index < -0.39 is 0 Å². The Morgan fingerprint density at radius 2 is 2.00 bits per heavy atom. The van der Waals surface area contributed by atoms with Crippen LogP contribution in [0.5, 0.6) is 0 Å². The van der Waals surface area contributed by atoms with E-state index in [4.69, 9.17) is 0 Å². The first-order valence-corrected chi connectivity index (χ1v) is 6.11. The fraction of sp³-hybridized carbons (Fsp3) is 0.917. The number of carbonyl (C=O) groups is 1. The second-order valence-corrected chi connectivity index (χ2v) is 4.50. The van der Waals surface area contributed by atoms with Gasteiger partial charge in [0.1, 0.15) is 0 Å². The van der Waals surface area contributed by atoms with E-state index in [0.717, 1.165) is 26.1 Å². The first-order chi connectivity index (χ1) is 7.52. The van der Waals surface area contributed by atoms with Crippen molar-refractivity contribution in [1.29, 1.82) is 0 Å². The van der Waals surface area contributed by atoms with Gasteiger partial charge in [-0.25, -0.2) is 0 Å². The molecule has 1 unspecified atom stereocenters. The van der Waals surface area contributed by atoms with Crippen molar-refractivity contribution in [2.45, 2.75) is 32.7 Å². The minimum atomic E-state index is 0.270. The van der Waals surface area contributed by atoms with Crippen LogP contribution in [0.25, 0.3) is 0 Å². The van der Waals surface area contributed by atoms with Gasteiger partial charge in [0.05, 0.1) is 0 Å². The molecule has 1 amide bonds. The van der Waals surface area contributed by atoms with Crippen molar-refractivity contribution in [2.75, 3.05) is 40.8 Å². The van der Waals surface area contributed by atoms with Crippen molar-refractivity contribution in [3.63, 3.8) is 0 Å². The molecule has 16 heavy (non-hydrogen) atoms. The minimum Gasteiger partial charge on any atom is -0.339 e. The van der Waals surface area contributed by atoms with Gasteiger partial charge in [0.2, 0.25) is 5.91 Å². The van der Waals surface area contributed by atoms with E-state index in [2.05, 4.69) is 17.1 Å². The molecule has 0 saturated heterocycles. The Labute approximate surface area is 100.0 Å². The van der Waals surface area contributed by atoms with Gasteiger partial charge < -0.3 is 15.1 Å². The topological polar surface area (TPSA) is 35.6 Å². The molecule has 1 N–H and O–H groups in total. The minimum absolute atomic E-state index is 0.270. The summed E-state index contributed by atoms with van der Waals surface area (Å²) in [4.78, 5) is 16.0. The van der Waals surface area contributed by atoms with E-state index in [9.17, 15) is 4.79 Å². The number of rotatable bonds is 8. The van der Waals surface area contributed by atoms with E-state index in [1.165, 1.54) is 0 Å². The molecule has 4 heteroatoms. The lowest BCUT2D eigenvalue weighted by atomic mass is 10.2. The van der Waals surface area contributed by atoms with Crippen LogP contribution in [0.4, 0.5) is 0 Å². The quantitative estimate of drug-likeness (QED) is 0.625. The van der Waals surface area contributed by atoms with Gasteiger partial charge in [0.15, 0.2) is 0 Å². The largest absolute Gasteiger partial charge is 0.339 e. The molecule has 0 aromatic carbocycles. The highest BCUT2D eigenvalue weighted by molar-refractivity contribution is 5.76. The predicted molar refractivity (Wildman–Crippen MR) is 68.6 cm³/mol. The molecule has 96 valence electrons. The highest BCUT2D eigenvalue weighted by Crippen LogP contribution is 2.04. The summed E-state index contributed by atoms with van der Waals surface area (Å²) in [6.45, 7) is 6.78. The van der Waals surface area contributed by atoms with Crippen molar-refractivity contribution < 1.29 is 4.79 Å². The molecule has 0 aliphatic heterocycles. The van der Waals surface area contributed by atoms with Gasteiger partial charge >= 0.3 is 0 Å². The lowest BCUT2D eigenvalue weighted by Crippen LogP contribution is -2.43. The van der Waals surface area contributed by atoms with Crippen LogP contribution in [-0.4, -0.2) is 62.5 Å². The SMILES string of the molecule is CCN(C(=O)CCCNC)C(C)CN(C)C. The van der Waals surface area contributed by atoms with E-state index in [0.29, 0.717) is 12.5 Å². The summed E-state index contributed by atoms with van der Waals surface area (Å²) < 4.78 is 0. The number of nitrogens with one attached hydrogen (secondary N) is 1. The number of likely N-dealkylation sites (N-methyl/N-ethyl adjacent to an activating group) is 2. The van der Waals surface area contributed by atoms with Gasteiger partial charge in [-0.2, -0.15) is 0 Å². The molecule has 0 rings (SSSR count). The Balaban J connectivity index is 4.09. The van der Waals surface area contributed by atoms with Crippen LogP contribution >= 0.6 is 0 Å². The highest BCUT2D eigenvalue weighted by atomic mass is 16.2. The molecule has 1 atom stereocenters. The molecule has 0 aliphatic rings. The van der Waals surface area contributed by atoms with Crippen LogP contribution in [0.2, 0.25) is 0 Å². The third-order valence-electron chi connectivity index (χ3n) is 2.64. The summed E-state index contributed by atoms with van der Waals surface area (Å²) in [6, 6.07) is 0.294. The number of carbonyl (C=O) groups excluding carboxylic acids is 1. The zero-order chi connectivity index (χ0) is 12.6. The van der Waals surface area contributed by atoms with Crippen LogP contribution in [-0.2, 0) is 4.79 Å². The molecule has 0 aliphatic carbocycles. The molecule has 0 heterocycles. The summed E-state index contributed by atoms with van der Waals surface area (Å²) >= 11 is 0. The van der Waals surface area contributed by atoms with E-state index >= 15 is 0 Å². The molecule has 0 aromatic heterocycles. The standard InChI is InChI=1S/C12H27N3O/c1-6-15(11(2)10-14(4)5)12(16)8-7-9-13-3/h11,13H,6-10H2,1-5H3. The zero-order valence-electron chi connectivity index (χ0n) is 11.4. The van der Waals surface area contributed by atoms with Gasteiger partial charge in [-0.15, -0.1) is 0 Å². The fourth-order valence-electron chi connectivity index (χ4n) is 1.92. The highest BCUT2D eigenvalue weighted by Gasteiger charge is 2.17. The third kappa shape index (κ3) is 6.08. The van der Waals surface area contributed by atoms with Gasteiger partial charge in [0, 0.05) is 25.6 Å². The first-order valence-electron chi connectivity index (χ1n) is 6.11. The van der Waals surface area contributed by atoms with Crippen LogP contribution in [0.1, 0.15) is 26.7 Å². The maximum absolute atomic E-state index is 12.0. The zero-order valence-corrected chi connectivity index (χ0v) is 11.4. The molecular formula is C12H27N3O. The molecule has 0 saturated carbocycles. The van der Waals surface area contributed by atoms with Gasteiger partial charge in [0.25, 0.3) is 0 Å². The monoisotopic (exact) mass is 229 g/mol. The smallest absolute Gasteiger partial charge is 0.222 e. The maximum Gasteiger partial charge on any atom is 0.222 e. The molecule has 0 aromatic rings. The number of nitrogens with zero attached hydrogens (tertiary/aromatic N) is 2. The summed E-state index contributed by atoms with van der Waals surface area (Å²) in [5.41, 5.74) is 0. The maximum atomic E-state index is 12.0. The predicted octanol–water partition coefficient (Wildman–Crippen LogP) is 0.785. The van der Waals surface area contributed by atoms with Gasteiger partial charge in [-0.05, 0) is 48.0 Å². The normalized spacial score (nSPS) is 12.9. The van der Waals surface area contributed by atoms with Gasteiger partial charge in [-0.1, -0.05) is 0 Å². The van der Waals surface area contributed by atoms with Crippen molar-refractivity contribution in [3.8, 4) is 0 Å². The summed E-state index contributed by atoms with van der Waals surface area (Å²) in [7, 11) is 5.99. The average Bonchev–Trinajstić information content (AvgIpc) is 2.18. The lowest BCUT2D eigenvalue weighted by molar-refractivity contribution is -0.133. The van der Waals surface area contributed by atoms with Crippen molar-refractivity contribution in [2.24, 2.45) is 0 Å². The van der Waals surface area contributed by atoms with E-state index in [-0.39, 0.29) is 5.91 Å². The van der Waals surface area contributed by atoms with Crippen LogP contribution in [0.3, 0.4) is 0 Å². The fourth-order valence-corrected chi connectivity index (χ4v) is 1.92. The van der Waals surface area contributed by atoms with Crippen LogP contribution in [0, 0.1) is 0 Å². The molecule has 4 nitrogen and oxygen atoms in total. The Morgan fingerprint density at radius 3 is 2.44 bits per heavy atom. The average molecular weight is 229 g/mol. The summed E-state index contributed by atoms with van der Waals surface area (Å²) in [6.07, 6.45) is 1.56. The van der Waals surface area contributed by atoms with Crippen molar-refractivity contribution in [3.05, 3.63) is 0 Å². The van der Waals surface area contributed by atoms with Gasteiger partial charge in [-0.3, -0.25) is 4.79 Å². The molecule has 0 fully saturated rings. The summed E-state index contributed by atoms with van der Waals surface area (Å²) in [5.74, 6) is 0.270. The summed E-state index contributed by atoms with van der Waals surface area (Å²) in [5, 5.41) is 3.06. The van der Waals surface area contributed by atoms with Crippen molar-refractivity contribution in [1.82, 2.24) is 15.1 Å². The number of hydrogen-bond acceptors (Lipinski definition) is 3. The molecule has 0 spiro atoms. The Kier molecular flexibility index (Phi) is 8.21. The second kappa shape index (κ2) is 8.53. The van der Waals surface area contributed by atoms with E-state index in [1.54, 1.807) is 0 Å². The molecular weight excluding hydrogens is 202 g/mol. The second-order valence-electron chi connectivity index (χ2n) is 4.50. The molecule has 0 radical (unpaired) electrons.